The average molecular weight is 372 g/mol. The summed E-state index contributed by atoms with van der Waals surface area (Å²) >= 11 is 0. The number of alkyl halides is 3. The lowest BCUT2D eigenvalue weighted by molar-refractivity contribution is -0.137. The molecule has 0 atom stereocenters. The van der Waals surface area contributed by atoms with Crippen molar-refractivity contribution >= 4 is 5.82 Å². The predicted molar refractivity (Wildman–Crippen MR) is 97.0 cm³/mol. The normalized spacial score (nSPS) is 14.3. The molecule has 1 N–H and O–H groups in total. The number of pyridine rings is 1. The van der Waals surface area contributed by atoms with Gasteiger partial charge in [-0.3, -0.25) is 4.98 Å². The van der Waals surface area contributed by atoms with Gasteiger partial charge >= 0.3 is 6.18 Å². The number of benzene rings is 1. The van der Waals surface area contributed by atoms with Crippen molar-refractivity contribution in [1.82, 2.24) is 14.8 Å². The van der Waals surface area contributed by atoms with E-state index in [1.54, 1.807) is 10.9 Å². The number of nitrogens with one attached hydrogen (secondary N) is 1. The molecule has 7 heteroatoms. The van der Waals surface area contributed by atoms with Crippen LogP contribution in [0.5, 0.6) is 0 Å². The first-order valence-corrected chi connectivity index (χ1v) is 8.94. The van der Waals surface area contributed by atoms with Gasteiger partial charge in [-0.1, -0.05) is 6.07 Å². The maximum atomic E-state index is 12.9. The maximum absolute atomic E-state index is 12.9. The van der Waals surface area contributed by atoms with E-state index in [1.807, 2.05) is 18.2 Å². The zero-order chi connectivity index (χ0) is 18.9. The molecular weight excluding hydrogens is 353 g/mol. The van der Waals surface area contributed by atoms with Crippen molar-refractivity contribution in [2.75, 3.05) is 11.9 Å². The summed E-state index contributed by atoms with van der Waals surface area (Å²) in [6, 6.07) is 10.9. The number of halogens is 3. The SMILES string of the molecule is FC(F)(F)c1ccc(-n2nc(Cc3ccccn3)c3c2NCCCC3)cc1. The molecule has 0 radical (unpaired) electrons. The van der Waals surface area contributed by atoms with Gasteiger partial charge in [0.05, 0.1) is 16.9 Å². The zero-order valence-corrected chi connectivity index (χ0v) is 14.6. The van der Waals surface area contributed by atoms with Crippen LogP contribution < -0.4 is 5.32 Å². The predicted octanol–water partition coefficient (Wildman–Crippen LogP) is 4.63. The second kappa shape index (κ2) is 7.06. The highest BCUT2D eigenvalue weighted by Crippen LogP contribution is 2.32. The summed E-state index contributed by atoms with van der Waals surface area (Å²) in [5.74, 6) is 0.873. The van der Waals surface area contributed by atoms with Gasteiger partial charge in [0.15, 0.2) is 0 Å². The smallest absolute Gasteiger partial charge is 0.370 e. The van der Waals surface area contributed by atoms with E-state index in [0.717, 1.165) is 60.7 Å². The van der Waals surface area contributed by atoms with Crippen LogP contribution in [0.3, 0.4) is 0 Å². The van der Waals surface area contributed by atoms with Crippen LogP contribution >= 0.6 is 0 Å². The minimum Gasteiger partial charge on any atom is -0.370 e. The maximum Gasteiger partial charge on any atom is 0.416 e. The fraction of sp³-hybridized carbons (Fsp3) is 0.300. The van der Waals surface area contributed by atoms with E-state index in [2.05, 4.69) is 10.3 Å². The van der Waals surface area contributed by atoms with Crippen LogP contribution in [-0.2, 0) is 19.0 Å². The van der Waals surface area contributed by atoms with Gasteiger partial charge in [-0.05, 0) is 55.7 Å². The summed E-state index contributed by atoms with van der Waals surface area (Å²) < 4.78 is 40.3. The summed E-state index contributed by atoms with van der Waals surface area (Å²) in [6.45, 7) is 0.822. The Bertz CT molecular complexity index is 915. The van der Waals surface area contributed by atoms with E-state index in [-0.39, 0.29) is 0 Å². The van der Waals surface area contributed by atoms with Gasteiger partial charge in [-0.2, -0.15) is 18.3 Å². The molecule has 1 aliphatic heterocycles. The third-order valence-electron chi connectivity index (χ3n) is 4.73. The number of anilines is 1. The van der Waals surface area contributed by atoms with Crippen molar-refractivity contribution in [3.8, 4) is 5.69 Å². The zero-order valence-electron chi connectivity index (χ0n) is 14.6. The molecule has 0 saturated carbocycles. The van der Waals surface area contributed by atoms with E-state index in [4.69, 9.17) is 5.10 Å². The average Bonchev–Trinajstić information content (AvgIpc) is 2.83. The third-order valence-corrected chi connectivity index (χ3v) is 4.73. The van der Waals surface area contributed by atoms with Crippen LogP contribution in [0, 0.1) is 0 Å². The monoisotopic (exact) mass is 372 g/mol. The molecule has 4 nitrogen and oxygen atoms in total. The Morgan fingerprint density at radius 3 is 2.56 bits per heavy atom. The van der Waals surface area contributed by atoms with Gasteiger partial charge in [0.1, 0.15) is 5.82 Å². The molecule has 2 aromatic heterocycles. The van der Waals surface area contributed by atoms with Crippen LogP contribution in [0.4, 0.5) is 19.0 Å². The molecule has 1 aromatic carbocycles. The molecule has 3 aromatic rings. The summed E-state index contributed by atoms with van der Waals surface area (Å²) in [5, 5.41) is 8.12. The topological polar surface area (TPSA) is 42.7 Å². The molecule has 1 aliphatic rings. The number of rotatable bonds is 3. The summed E-state index contributed by atoms with van der Waals surface area (Å²) in [4.78, 5) is 4.37. The van der Waals surface area contributed by atoms with E-state index in [0.29, 0.717) is 12.1 Å². The number of aromatic nitrogens is 3. The van der Waals surface area contributed by atoms with Crippen LogP contribution in [0.15, 0.2) is 48.7 Å². The highest BCUT2D eigenvalue weighted by molar-refractivity contribution is 5.55. The Labute approximate surface area is 155 Å². The van der Waals surface area contributed by atoms with Crippen molar-refractivity contribution in [3.63, 3.8) is 0 Å². The molecule has 0 bridgehead atoms. The van der Waals surface area contributed by atoms with Crippen molar-refractivity contribution in [3.05, 3.63) is 71.2 Å². The largest absolute Gasteiger partial charge is 0.416 e. The number of hydrogen-bond acceptors (Lipinski definition) is 3. The molecular formula is C20H19F3N4. The quantitative estimate of drug-likeness (QED) is 0.729. The number of hydrogen-bond donors (Lipinski definition) is 1. The van der Waals surface area contributed by atoms with Gasteiger partial charge in [-0.15, -0.1) is 0 Å². The van der Waals surface area contributed by atoms with Gasteiger partial charge < -0.3 is 5.32 Å². The van der Waals surface area contributed by atoms with Crippen molar-refractivity contribution in [2.24, 2.45) is 0 Å². The van der Waals surface area contributed by atoms with E-state index < -0.39 is 11.7 Å². The fourth-order valence-electron chi connectivity index (χ4n) is 3.37. The molecule has 4 rings (SSSR count). The second-order valence-corrected chi connectivity index (χ2v) is 6.61. The first kappa shape index (κ1) is 17.6. The van der Waals surface area contributed by atoms with Crippen molar-refractivity contribution in [2.45, 2.75) is 31.9 Å². The van der Waals surface area contributed by atoms with Gasteiger partial charge in [0.2, 0.25) is 0 Å². The van der Waals surface area contributed by atoms with Gasteiger partial charge in [-0.25, -0.2) is 4.68 Å². The first-order chi connectivity index (χ1) is 13.0. The molecule has 140 valence electrons. The first-order valence-electron chi connectivity index (χ1n) is 8.94. The minimum atomic E-state index is -4.35. The number of fused-ring (bicyclic) bond motifs is 1. The summed E-state index contributed by atoms with van der Waals surface area (Å²) in [5.41, 5.74) is 2.91. The van der Waals surface area contributed by atoms with Gasteiger partial charge in [0.25, 0.3) is 0 Å². The van der Waals surface area contributed by atoms with Crippen LogP contribution in [0.25, 0.3) is 5.69 Å². The minimum absolute atomic E-state index is 0.596. The fourth-order valence-corrected chi connectivity index (χ4v) is 3.37. The molecule has 0 spiro atoms. The molecule has 0 unspecified atom stereocenters. The Balaban J connectivity index is 1.74. The van der Waals surface area contributed by atoms with E-state index in [1.165, 1.54) is 12.1 Å². The Morgan fingerprint density at radius 2 is 1.85 bits per heavy atom. The molecule has 0 aliphatic carbocycles. The number of nitrogens with zero attached hydrogens (tertiary/aromatic N) is 3. The molecule has 0 fully saturated rings. The summed E-state index contributed by atoms with van der Waals surface area (Å²) in [6.07, 6.45) is 0.989. The highest BCUT2D eigenvalue weighted by atomic mass is 19.4. The van der Waals surface area contributed by atoms with Crippen molar-refractivity contribution < 1.29 is 13.2 Å². The Morgan fingerprint density at radius 1 is 1.04 bits per heavy atom. The highest BCUT2D eigenvalue weighted by Gasteiger charge is 2.30. The standard InChI is InChI=1S/C20H19F3N4/c21-20(22,23)14-7-9-16(10-8-14)27-19-17(6-2-4-12-25-19)18(26-27)13-15-5-1-3-11-24-15/h1,3,5,7-11,25H,2,4,6,12-13H2. The van der Waals surface area contributed by atoms with Crippen LogP contribution in [-0.4, -0.2) is 21.3 Å². The lowest BCUT2D eigenvalue weighted by Gasteiger charge is -2.11. The van der Waals surface area contributed by atoms with Gasteiger partial charge in [0, 0.05) is 30.4 Å². The van der Waals surface area contributed by atoms with E-state index >= 15 is 0 Å². The molecule has 3 heterocycles. The lowest BCUT2D eigenvalue weighted by Crippen LogP contribution is -2.08. The Hall–Kier alpha value is -2.83. The summed E-state index contributed by atoms with van der Waals surface area (Å²) in [7, 11) is 0. The van der Waals surface area contributed by atoms with Crippen LogP contribution in [0.2, 0.25) is 0 Å². The van der Waals surface area contributed by atoms with Crippen molar-refractivity contribution in [1.29, 1.82) is 0 Å². The third kappa shape index (κ3) is 3.67. The Kier molecular flexibility index (Phi) is 4.59. The molecule has 0 amide bonds. The molecule has 27 heavy (non-hydrogen) atoms. The lowest BCUT2D eigenvalue weighted by atomic mass is 10.1. The van der Waals surface area contributed by atoms with E-state index in [9.17, 15) is 13.2 Å². The molecule has 0 saturated heterocycles. The van der Waals surface area contributed by atoms with Crippen LogP contribution in [0.1, 0.15) is 35.4 Å². The second-order valence-electron chi connectivity index (χ2n) is 6.61.